The van der Waals surface area contributed by atoms with Crippen molar-refractivity contribution in [3.8, 4) is 0 Å². The smallest absolute Gasteiger partial charge is 0.418 e. The van der Waals surface area contributed by atoms with Crippen molar-refractivity contribution in [2.45, 2.75) is 54.1 Å². The van der Waals surface area contributed by atoms with Gasteiger partial charge in [-0.05, 0) is 28.9 Å². The lowest BCUT2D eigenvalue weighted by molar-refractivity contribution is 0.0403. The number of rotatable bonds is 0. The number of aliphatic hydroxyl groups is 1. The minimum Gasteiger partial charge on any atom is -0.418 e. The highest BCUT2D eigenvalue weighted by Gasteiger charge is 2.60. The van der Waals surface area contributed by atoms with Crippen LogP contribution < -0.4 is 0 Å². The van der Waals surface area contributed by atoms with Crippen LogP contribution in [0.3, 0.4) is 0 Å². The Hall–Kier alpha value is -0.515. The van der Waals surface area contributed by atoms with Crippen LogP contribution in [0.5, 0.6) is 0 Å². The van der Waals surface area contributed by atoms with Crippen LogP contribution in [0.25, 0.3) is 0 Å². The normalized spacial score (nSPS) is 24.7. The Morgan fingerprint density at radius 2 is 1.22 bits per heavy atom. The maximum absolute atomic E-state index is 10.5. The Kier molecular flexibility index (Phi) is 4.42. The van der Waals surface area contributed by atoms with Gasteiger partial charge in [0.2, 0.25) is 0 Å². The molecule has 0 spiro atoms. The molecule has 0 bridgehead atoms. The average Bonchev–Trinajstić information content (AvgIpc) is 2.48. The van der Waals surface area contributed by atoms with Gasteiger partial charge in [-0.15, -0.1) is 0 Å². The molecule has 0 saturated carbocycles. The summed E-state index contributed by atoms with van der Waals surface area (Å²) in [6.07, 6.45) is 0. The third-order valence-corrected chi connectivity index (χ3v) is 3.05. The van der Waals surface area contributed by atoms with Gasteiger partial charge in [0.15, 0.2) is 0 Å². The first-order valence-electron chi connectivity index (χ1n) is 5.85. The molecule has 0 aromatic carbocycles. The van der Waals surface area contributed by atoms with E-state index in [1.54, 1.807) is 0 Å². The van der Waals surface area contributed by atoms with Crippen molar-refractivity contribution in [2.75, 3.05) is 0 Å². The molecular formula is C12H22BF4O-. The van der Waals surface area contributed by atoms with Crippen molar-refractivity contribution < 1.29 is 22.4 Å². The van der Waals surface area contributed by atoms with Crippen molar-refractivity contribution in [3.63, 3.8) is 0 Å². The van der Waals surface area contributed by atoms with Gasteiger partial charge in [-0.3, -0.25) is 0 Å². The van der Waals surface area contributed by atoms with E-state index in [1.807, 2.05) is 6.92 Å². The van der Waals surface area contributed by atoms with Crippen LogP contribution in [-0.2, 0) is 0 Å². The molecule has 1 rings (SSSR count). The molecule has 108 valence electrons. The highest BCUT2D eigenvalue weighted by Crippen LogP contribution is 2.60. The zero-order chi connectivity index (χ0) is 15.2. The molecule has 1 N–H and O–H groups in total. The van der Waals surface area contributed by atoms with E-state index in [4.69, 9.17) is 0 Å². The number of hydrogen-bond donors (Lipinski definition) is 1. The van der Waals surface area contributed by atoms with E-state index in [0.29, 0.717) is 0 Å². The second-order valence-electron chi connectivity index (χ2n) is 6.71. The lowest BCUT2D eigenvalue weighted by Crippen LogP contribution is -2.35. The summed E-state index contributed by atoms with van der Waals surface area (Å²) in [5, 5.41) is 10.5. The van der Waals surface area contributed by atoms with E-state index >= 15 is 0 Å². The van der Waals surface area contributed by atoms with Gasteiger partial charge in [-0.2, -0.15) is 0 Å². The molecule has 0 fully saturated rings. The molecule has 1 aliphatic rings. The molecule has 1 aliphatic carbocycles. The summed E-state index contributed by atoms with van der Waals surface area (Å²) in [5.74, 6) is 0. The fourth-order valence-electron chi connectivity index (χ4n) is 2.44. The Bertz CT molecular complexity index is 341. The topological polar surface area (TPSA) is 20.2 Å². The van der Waals surface area contributed by atoms with E-state index in [2.05, 4.69) is 41.5 Å². The second kappa shape index (κ2) is 4.55. The minimum atomic E-state index is -6.00. The Morgan fingerprint density at radius 1 is 0.944 bits per heavy atom. The summed E-state index contributed by atoms with van der Waals surface area (Å²) in [6.45, 7) is 14.8. The summed E-state index contributed by atoms with van der Waals surface area (Å²) in [5.41, 5.74) is 1.82. The van der Waals surface area contributed by atoms with Crippen LogP contribution in [0.2, 0.25) is 0 Å². The Morgan fingerprint density at radius 3 is 1.28 bits per heavy atom. The van der Waals surface area contributed by atoms with Crippen molar-refractivity contribution >= 4 is 7.25 Å². The zero-order valence-electron chi connectivity index (χ0n) is 12.0. The minimum absolute atomic E-state index is 0.0697. The molecule has 6 heteroatoms. The molecule has 0 heterocycles. The predicted octanol–water partition coefficient (Wildman–Crippen LogP) is 4.44. The van der Waals surface area contributed by atoms with Gasteiger partial charge in [-0.1, -0.05) is 41.5 Å². The van der Waals surface area contributed by atoms with Crippen molar-refractivity contribution in [3.05, 3.63) is 11.1 Å². The van der Waals surface area contributed by atoms with Gasteiger partial charge in [0.25, 0.3) is 0 Å². The van der Waals surface area contributed by atoms with E-state index in [9.17, 15) is 22.4 Å². The average molecular weight is 269 g/mol. The molecule has 0 radical (unpaired) electrons. The molecule has 1 atom stereocenters. The van der Waals surface area contributed by atoms with Crippen LogP contribution in [0.1, 0.15) is 48.5 Å². The van der Waals surface area contributed by atoms with Gasteiger partial charge in [0.05, 0.1) is 0 Å². The molecule has 0 aromatic heterocycles. The third-order valence-electron chi connectivity index (χ3n) is 3.05. The molecule has 1 unspecified atom stereocenters. The van der Waals surface area contributed by atoms with Crippen molar-refractivity contribution in [2.24, 2.45) is 10.8 Å². The van der Waals surface area contributed by atoms with Crippen molar-refractivity contribution in [1.29, 1.82) is 0 Å². The monoisotopic (exact) mass is 269 g/mol. The van der Waals surface area contributed by atoms with E-state index in [-0.39, 0.29) is 10.8 Å². The molecule has 0 saturated heterocycles. The van der Waals surface area contributed by atoms with Crippen molar-refractivity contribution in [1.82, 2.24) is 0 Å². The lowest BCUT2D eigenvalue weighted by atomic mass is 9.77. The molecule has 18 heavy (non-hydrogen) atoms. The molecule has 0 amide bonds. The highest BCUT2D eigenvalue weighted by molar-refractivity contribution is 6.50. The van der Waals surface area contributed by atoms with Crippen LogP contribution in [0.15, 0.2) is 11.1 Å². The van der Waals surface area contributed by atoms with Crippen LogP contribution in [-0.4, -0.2) is 18.0 Å². The van der Waals surface area contributed by atoms with Gasteiger partial charge in [0, 0.05) is 0 Å². The first-order chi connectivity index (χ1) is 7.53. The summed E-state index contributed by atoms with van der Waals surface area (Å²) in [7, 11) is -6.00. The van der Waals surface area contributed by atoms with Gasteiger partial charge in [0.1, 0.15) is 5.60 Å². The maximum Gasteiger partial charge on any atom is 0.673 e. The highest BCUT2D eigenvalue weighted by atomic mass is 19.5. The summed E-state index contributed by atoms with van der Waals surface area (Å²) in [6, 6.07) is 0. The number of hydrogen-bond acceptors (Lipinski definition) is 1. The van der Waals surface area contributed by atoms with E-state index < -0.39 is 12.9 Å². The second-order valence-corrected chi connectivity index (χ2v) is 6.71. The molecular weight excluding hydrogens is 247 g/mol. The first kappa shape index (κ1) is 17.5. The predicted molar refractivity (Wildman–Crippen MR) is 66.7 cm³/mol. The maximum atomic E-state index is 10.5. The van der Waals surface area contributed by atoms with Gasteiger partial charge >= 0.3 is 7.25 Å². The summed E-state index contributed by atoms with van der Waals surface area (Å²) < 4.78 is 39.0. The first-order valence-corrected chi connectivity index (χ1v) is 5.85. The molecule has 0 aliphatic heterocycles. The fraction of sp³-hybridized carbons (Fsp3) is 0.833. The standard InChI is InChI=1S/C12H22O.BF4/c1-8-9(10(2,3)4)12(8,13)11(5,6)7;2-1(3,4)5/h13H,1-7H3;/q;-1. The fourth-order valence-corrected chi connectivity index (χ4v) is 2.44. The summed E-state index contributed by atoms with van der Waals surface area (Å²) >= 11 is 0. The summed E-state index contributed by atoms with van der Waals surface area (Å²) in [4.78, 5) is 0. The molecule has 1 nitrogen and oxygen atoms in total. The van der Waals surface area contributed by atoms with Gasteiger partial charge < -0.3 is 22.4 Å². The quantitative estimate of drug-likeness (QED) is 0.391. The SMILES string of the molecule is CC1=C(C(C)(C)C)C1(O)C(C)(C)C.F[B-](F)(F)F. The van der Waals surface area contributed by atoms with Crippen LogP contribution >= 0.6 is 0 Å². The lowest BCUT2D eigenvalue weighted by Gasteiger charge is -2.32. The number of halogens is 4. The van der Waals surface area contributed by atoms with E-state index in [1.165, 1.54) is 11.1 Å². The van der Waals surface area contributed by atoms with Crippen LogP contribution in [0, 0.1) is 10.8 Å². The zero-order valence-corrected chi connectivity index (χ0v) is 12.0. The Balaban J connectivity index is 0.000000494. The molecule has 0 aromatic rings. The van der Waals surface area contributed by atoms with Gasteiger partial charge in [-0.25, -0.2) is 0 Å². The Labute approximate surface area is 106 Å². The third kappa shape index (κ3) is 4.00. The largest absolute Gasteiger partial charge is 0.673 e. The van der Waals surface area contributed by atoms with Crippen LogP contribution in [0.4, 0.5) is 17.3 Å². The van der Waals surface area contributed by atoms with E-state index in [0.717, 1.165) is 0 Å².